The normalized spacial score (nSPS) is 15.3. The third-order valence-corrected chi connectivity index (χ3v) is 13.1. The summed E-state index contributed by atoms with van der Waals surface area (Å²) >= 11 is 0. The number of hydrogen-bond acceptors (Lipinski definition) is 18. The fourth-order valence-corrected chi connectivity index (χ4v) is 8.66. The number of benzene rings is 1. The number of nitriles is 1. The number of carboxylic acids is 1. The third-order valence-electron chi connectivity index (χ3n) is 13.1. The average Bonchev–Trinajstić information content (AvgIpc) is 3.62. The van der Waals surface area contributed by atoms with Crippen LogP contribution in [0, 0.1) is 16.7 Å². The lowest BCUT2D eigenvalue weighted by atomic mass is 9.88. The van der Waals surface area contributed by atoms with Crippen molar-refractivity contribution in [3.8, 4) is 29.0 Å². The fraction of sp³-hybridized carbons (Fsp3) is 0.446. The van der Waals surface area contributed by atoms with Gasteiger partial charge in [0.05, 0.1) is 68.6 Å². The van der Waals surface area contributed by atoms with E-state index in [1.165, 1.54) is 18.3 Å². The van der Waals surface area contributed by atoms with Crippen molar-refractivity contribution in [2.45, 2.75) is 78.6 Å². The molecule has 3 N–H and O–H groups in total. The molecule has 2 aliphatic heterocycles. The molecule has 0 spiro atoms. The lowest BCUT2D eigenvalue weighted by molar-refractivity contribution is -0.140. The number of anilines is 2. The largest absolute Gasteiger partial charge is 0.480 e. The number of fused-ring (bicyclic) bond motifs is 1. The molecule has 2 atom stereocenters. The van der Waals surface area contributed by atoms with Crippen LogP contribution in [0.2, 0.25) is 0 Å². The van der Waals surface area contributed by atoms with Crippen LogP contribution >= 0.6 is 0 Å². The maximum atomic E-state index is 13.4. The number of piperazine rings is 1. The van der Waals surface area contributed by atoms with Gasteiger partial charge in [-0.2, -0.15) is 5.26 Å². The molecule has 3 amide bonds. The number of pyridine rings is 3. The van der Waals surface area contributed by atoms with Gasteiger partial charge in [0, 0.05) is 86.3 Å². The maximum absolute atomic E-state index is 13.4. The number of aliphatic carboxylic acids is 1. The highest BCUT2D eigenvalue weighted by Crippen LogP contribution is 2.40. The molecule has 22 heteroatoms. The minimum atomic E-state index is -1.10. The van der Waals surface area contributed by atoms with Crippen molar-refractivity contribution in [2.75, 3.05) is 88.8 Å². The molecule has 2 aliphatic rings. The Balaban J connectivity index is 0.716. The Bertz CT molecular complexity index is 2930. The summed E-state index contributed by atoms with van der Waals surface area (Å²) in [5.74, 6) is -0.546. The Morgan fingerprint density at radius 3 is 2.23 bits per heavy atom. The van der Waals surface area contributed by atoms with Crippen molar-refractivity contribution < 1.29 is 52.8 Å². The summed E-state index contributed by atoms with van der Waals surface area (Å²) < 4.78 is 28.2. The quantitative estimate of drug-likeness (QED) is 0.0575. The van der Waals surface area contributed by atoms with Gasteiger partial charge in [0.15, 0.2) is 5.78 Å². The van der Waals surface area contributed by atoms with Crippen molar-refractivity contribution in [3.05, 3.63) is 113 Å². The number of ether oxygens (including phenoxy) is 5. The molecular formula is C56H67N11O11. The minimum Gasteiger partial charge on any atom is -0.480 e. The number of amides is 3. The van der Waals surface area contributed by atoms with Crippen molar-refractivity contribution in [1.82, 2.24) is 40.5 Å². The summed E-state index contributed by atoms with van der Waals surface area (Å²) in [6, 6.07) is 17.7. The van der Waals surface area contributed by atoms with E-state index in [4.69, 9.17) is 28.7 Å². The van der Waals surface area contributed by atoms with Crippen LogP contribution in [-0.2, 0) is 35.1 Å². The predicted molar refractivity (Wildman–Crippen MR) is 286 cm³/mol. The number of aromatic nitrogens is 5. The zero-order valence-corrected chi connectivity index (χ0v) is 44.9. The standard InChI is InChI=1S/C56H67N11O11/c1-37-34-65(54-61-32-41(33-62-54)44-14-13-43-49(69)56(5,6)67(50(43)63-44)35-40-10-8-18-58-46(40)30-57)20-21-66(37)48(68)36-77-28-27-76-26-25-75-24-23-74-22-19-59-51(70)38-9-7-11-42(29-38)78-47-15-12-39(31-60-47)52(71)64-45(53(72)73)16-17-55(2,3)4/h7-15,18,29,31-33,37,45H,16-17,19-28,34-36H2,1-6H3,(H,59,70)(H,64,71)(H,72,73)/t37-,45+/m1/s1. The number of nitrogens with zero attached hydrogens (tertiary/aromatic N) is 9. The molecule has 5 aromatic rings. The first-order valence-electron chi connectivity index (χ1n) is 25.8. The van der Waals surface area contributed by atoms with Gasteiger partial charge in [0.1, 0.15) is 36.0 Å². The van der Waals surface area contributed by atoms with E-state index in [2.05, 4.69) is 36.6 Å². The highest BCUT2D eigenvalue weighted by molar-refractivity contribution is 6.13. The predicted octanol–water partition coefficient (Wildman–Crippen LogP) is 5.52. The van der Waals surface area contributed by atoms with E-state index in [9.17, 15) is 34.3 Å². The number of ketones is 1. The molecule has 7 rings (SSSR count). The molecule has 0 saturated carbocycles. The Kier molecular flexibility index (Phi) is 19.9. The van der Waals surface area contributed by atoms with Crippen LogP contribution in [0.3, 0.4) is 0 Å². The lowest BCUT2D eigenvalue weighted by Crippen LogP contribution is -2.55. The highest BCUT2D eigenvalue weighted by atomic mass is 16.6. The smallest absolute Gasteiger partial charge is 0.326 e. The van der Waals surface area contributed by atoms with Gasteiger partial charge in [-0.05, 0) is 81.5 Å². The third kappa shape index (κ3) is 15.6. The number of nitrogens with one attached hydrogen (secondary N) is 2. The fourth-order valence-electron chi connectivity index (χ4n) is 8.66. The number of carbonyl (C=O) groups excluding carboxylic acids is 4. The first-order valence-corrected chi connectivity index (χ1v) is 25.8. The Labute approximate surface area is 453 Å². The van der Waals surface area contributed by atoms with Gasteiger partial charge in [-0.15, -0.1) is 0 Å². The van der Waals surface area contributed by atoms with Gasteiger partial charge in [-0.1, -0.05) is 32.9 Å². The van der Waals surface area contributed by atoms with Gasteiger partial charge in [0.25, 0.3) is 11.8 Å². The van der Waals surface area contributed by atoms with E-state index in [1.54, 1.807) is 66.0 Å². The number of hydrogen-bond donors (Lipinski definition) is 3. The molecule has 6 heterocycles. The van der Waals surface area contributed by atoms with Crippen molar-refractivity contribution in [2.24, 2.45) is 5.41 Å². The van der Waals surface area contributed by atoms with Crippen LogP contribution in [0.25, 0.3) is 11.3 Å². The molecule has 4 aromatic heterocycles. The highest BCUT2D eigenvalue weighted by Gasteiger charge is 2.45. The number of Topliss-reactive ketones (excluding diaryl/α,β-unsaturated/α-hetero) is 1. The van der Waals surface area contributed by atoms with E-state index in [1.807, 2.05) is 57.4 Å². The summed E-state index contributed by atoms with van der Waals surface area (Å²) in [7, 11) is 0. The monoisotopic (exact) mass is 1070 g/mol. The van der Waals surface area contributed by atoms with Crippen LogP contribution in [0.15, 0.2) is 85.5 Å². The zero-order valence-electron chi connectivity index (χ0n) is 44.9. The molecule has 0 unspecified atom stereocenters. The molecule has 0 aliphatic carbocycles. The summed E-state index contributed by atoms with van der Waals surface area (Å²) in [6.07, 6.45) is 7.20. The molecule has 1 saturated heterocycles. The Morgan fingerprint density at radius 1 is 0.846 bits per heavy atom. The molecule has 1 fully saturated rings. The van der Waals surface area contributed by atoms with Gasteiger partial charge in [-0.3, -0.25) is 19.2 Å². The van der Waals surface area contributed by atoms with Crippen LogP contribution in [0.5, 0.6) is 11.6 Å². The molecule has 78 heavy (non-hydrogen) atoms. The van der Waals surface area contributed by atoms with Crippen LogP contribution < -0.4 is 25.2 Å². The van der Waals surface area contributed by atoms with Crippen molar-refractivity contribution in [3.63, 3.8) is 0 Å². The van der Waals surface area contributed by atoms with Gasteiger partial charge in [0.2, 0.25) is 17.7 Å². The SMILES string of the molecule is C[C@@H]1CN(c2ncc(-c3ccc4c(n3)N(Cc3cccnc3C#N)C(C)(C)C4=O)cn2)CCN1C(=O)COCCOCCOCCOCCNC(=O)c1cccc(Oc2ccc(C(=O)N[C@@H](CCC(C)(C)C)C(=O)O)cn2)c1. The minimum absolute atomic E-state index is 0.0542. The number of carbonyl (C=O) groups is 5. The van der Waals surface area contributed by atoms with Crippen molar-refractivity contribution in [1.29, 1.82) is 5.26 Å². The van der Waals surface area contributed by atoms with Gasteiger partial charge in [-0.25, -0.2) is 29.7 Å². The summed E-state index contributed by atoms with van der Waals surface area (Å²) in [5.41, 5.74) is 2.38. The number of carboxylic acid groups (broad SMARTS) is 1. The van der Waals surface area contributed by atoms with Gasteiger partial charge >= 0.3 is 5.97 Å². The van der Waals surface area contributed by atoms with Crippen LogP contribution in [-0.4, -0.2) is 161 Å². The first kappa shape index (κ1) is 57.7. The second-order valence-electron chi connectivity index (χ2n) is 20.4. The molecular weight excluding hydrogens is 1000 g/mol. The summed E-state index contributed by atoms with van der Waals surface area (Å²) in [4.78, 5) is 92.0. The molecule has 0 bridgehead atoms. The van der Waals surface area contributed by atoms with E-state index >= 15 is 0 Å². The lowest BCUT2D eigenvalue weighted by Gasteiger charge is -2.39. The number of rotatable bonds is 26. The first-order chi connectivity index (χ1) is 37.4. The van der Waals surface area contributed by atoms with Crippen LogP contribution in [0.1, 0.15) is 96.7 Å². The summed E-state index contributed by atoms with van der Waals surface area (Å²) in [5, 5.41) is 24.6. The molecule has 412 valence electrons. The average molecular weight is 1070 g/mol. The Morgan fingerprint density at radius 2 is 1.56 bits per heavy atom. The van der Waals surface area contributed by atoms with E-state index in [-0.39, 0.29) is 73.4 Å². The molecule has 22 nitrogen and oxygen atoms in total. The Hall–Kier alpha value is -7.97. The van der Waals surface area contributed by atoms with E-state index in [0.717, 1.165) is 0 Å². The topological polar surface area (TPSA) is 274 Å². The van der Waals surface area contributed by atoms with E-state index < -0.39 is 23.5 Å². The second kappa shape index (κ2) is 26.9. The summed E-state index contributed by atoms with van der Waals surface area (Å²) in [6.45, 7) is 15.9. The zero-order chi connectivity index (χ0) is 55.8. The maximum Gasteiger partial charge on any atom is 0.326 e. The van der Waals surface area contributed by atoms with E-state index in [0.29, 0.717) is 117 Å². The second-order valence-corrected chi connectivity index (χ2v) is 20.4. The van der Waals surface area contributed by atoms with Crippen LogP contribution in [0.4, 0.5) is 11.8 Å². The molecule has 0 radical (unpaired) electrons. The molecule has 1 aromatic carbocycles. The van der Waals surface area contributed by atoms with Gasteiger partial charge < -0.3 is 54.1 Å². The van der Waals surface area contributed by atoms with Crippen molar-refractivity contribution >= 4 is 41.2 Å².